The Labute approximate surface area is 613 Å². The zero-order chi connectivity index (χ0) is 73.2. The summed E-state index contributed by atoms with van der Waals surface area (Å²) in [6.07, 6.45) is 67.8. The van der Waals surface area contributed by atoms with E-state index in [4.69, 9.17) is 37.0 Å². The van der Waals surface area contributed by atoms with E-state index in [1.54, 1.807) is 0 Å². The monoisotopic (exact) mass is 1470 g/mol. The molecular weight excluding hydrogens is 1310 g/mol. The molecule has 0 radical (unpaired) electrons. The highest BCUT2D eigenvalue weighted by atomic mass is 31.2. The second-order valence-corrected chi connectivity index (χ2v) is 32.1. The number of carbonyl (C=O) groups excluding carboxylic acids is 4. The largest absolute Gasteiger partial charge is 0.472 e. The third kappa shape index (κ3) is 74.3. The lowest BCUT2D eigenvalue weighted by atomic mass is 10.0. The summed E-state index contributed by atoms with van der Waals surface area (Å²) < 4.78 is 68.7. The SMILES string of the molecule is CCCCCCCCCCCCCCCCCCCCCC(=O)O[C@H](COC(=O)CCCCCCCCCCCCCCCCCC)COP(=O)(O)OC[C@@H](O)COP(=O)(O)OC[C@@H](COC(=O)CCCCCCCCCCCCCC)OC(=O)CCCCCCCCCCCCCCC. The molecule has 0 aromatic rings. The molecule has 0 spiro atoms. The molecule has 100 heavy (non-hydrogen) atoms. The van der Waals surface area contributed by atoms with Crippen LogP contribution in [0.2, 0.25) is 0 Å². The van der Waals surface area contributed by atoms with Gasteiger partial charge in [-0.15, -0.1) is 0 Å². The highest BCUT2D eigenvalue weighted by Gasteiger charge is 2.30. The third-order valence-corrected chi connectivity index (χ3v) is 21.0. The van der Waals surface area contributed by atoms with Crippen LogP contribution in [0.3, 0.4) is 0 Å². The Kier molecular flexibility index (Phi) is 73.8. The molecule has 0 aliphatic carbocycles. The van der Waals surface area contributed by atoms with Gasteiger partial charge >= 0.3 is 39.5 Å². The number of ether oxygens (including phenoxy) is 4. The fourth-order valence-electron chi connectivity index (χ4n) is 12.6. The Hall–Kier alpha value is -1.94. The smallest absolute Gasteiger partial charge is 0.462 e. The number of unbranched alkanes of at least 4 members (excludes halogenated alkanes) is 56. The number of hydrogen-bond donors (Lipinski definition) is 3. The molecule has 0 saturated heterocycles. The van der Waals surface area contributed by atoms with E-state index in [0.717, 1.165) is 89.9 Å². The molecule has 0 bridgehead atoms. The fraction of sp³-hybridized carbons (Fsp3) is 0.951. The number of esters is 4. The summed E-state index contributed by atoms with van der Waals surface area (Å²) >= 11 is 0. The predicted molar refractivity (Wildman–Crippen MR) is 409 cm³/mol. The summed E-state index contributed by atoms with van der Waals surface area (Å²) in [6.45, 7) is 5.03. The molecule has 0 amide bonds. The van der Waals surface area contributed by atoms with Gasteiger partial charge in [0.2, 0.25) is 0 Å². The van der Waals surface area contributed by atoms with Gasteiger partial charge in [-0.25, -0.2) is 9.13 Å². The number of phosphoric ester groups is 2. The molecule has 0 aliphatic heterocycles. The molecule has 2 unspecified atom stereocenters. The minimum absolute atomic E-state index is 0.109. The molecule has 0 heterocycles. The Morgan fingerprint density at radius 2 is 0.400 bits per heavy atom. The molecule has 594 valence electrons. The number of carbonyl (C=O) groups is 4. The highest BCUT2D eigenvalue weighted by molar-refractivity contribution is 7.47. The number of phosphoric acid groups is 2. The lowest BCUT2D eigenvalue weighted by molar-refractivity contribution is -0.161. The second kappa shape index (κ2) is 75.3. The van der Waals surface area contributed by atoms with Crippen LogP contribution in [0.1, 0.15) is 439 Å². The van der Waals surface area contributed by atoms with E-state index >= 15 is 0 Å². The Balaban J connectivity index is 5.24. The number of rotatable bonds is 82. The van der Waals surface area contributed by atoms with E-state index in [1.807, 2.05) is 0 Å². The topological polar surface area (TPSA) is 237 Å². The summed E-state index contributed by atoms with van der Waals surface area (Å²) in [5.74, 6) is -2.10. The molecule has 0 fully saturated rings. The van der Waals surface area contributed by atoms with Crippen LogP contribution in [-0.2, 0) is 65.4 Å². The Morgan fingerprint density at radius 3 is 0.590 bits per heavy atom. The summed E-state index contributed by atoms with van der Waals surface area (Å²) in [5, 5.41) is 10.6. The molecule has 0 aromatic heterocycles. The van der Waals surface area contributed by atoms with Crippen LogP contribution in [0.4, 0.5) is 0 Å². The van der Waals surface area contributed by atoms with Gasteiger partial charge < -0.3 is 33.8 Å². The lowest BCUT2D eigenvalue weighted by Crippen LogP contribution is -2.30. The van der Waals surface area contributed by atoms with E-state index in [2.05, 4.69) is 27.7 Å². The van der Waals surface area contributed by atoms with Crippen molar-refractivity contribution in [3.05, 3.63) is 0 Å². The van der Waals surface area contributed by atoms with Crippen molar-refractivity contribution in [1.82, 2.24) is 0 Å². The molecular formula is C81H158O17P2. The lowest BCUT2D eigenvalue weighted by Gasteiger charge is -2.21. The molecule has 0 aliphatic rings. The minimum atomic E-state index is -4.96. The van der Waals surface area contributed by atoms with Gasteiger partial charge in [-0.05, 0) is 25.7 Å². The molecule has 19 heteroatoms. The summed E-state index contributed by atoms with van der Waals surface area (Å²) in [4.78, 5) is 73.0. The van der Waals surface area contributed by atoms with Crippen molar-refractivity contribution in [1.29, 1.82) is 0 Å². The van der Waals surface area contributed by atoms with E-state index < -0.39 is 97.5 Å². The zero-order valence-electron chi connectivity index (χ0n) is 65.2. The average Bonchev–Trinajstić information content (AvgIpc) is 0.934. The fourth-order valence-corrected chi connectivity index (χ4v) is 14.2. The quantitative estimate of drug-likeness (QED) is 0.0222. The average molecular weight is 1470 g/mol. The summed E-state index contributed by atoms with van der Waals surface area (Å²) in [6, 6.07) is 0. The molecule has 0 aromatic carbocycles. The first-order chi connectivity index (χ1) is 48.7. The zero-order valence-corrected chi connectivity index (χ0v) is 67.0. The maximum Gasteiger partial charge on any atom is 0.472 e. The van der Waals surface area contributed by atoms with Gasteiger partial charge in [0, 0.05) is 25.7 Å². The molecule has 5 atom stereocenters. The van der Waals surface area contributed by atoms with Crippen molar-refractivity contribution >= 4 is 39.5 Å². The van der Waals surface area contributed by atoms with Crippen LogP contribution in [0.5, 0.6) is 0 Å². The molecule has 17 nitrogen and oxygen atoms in total. The first-order valence-corrected chi connectivity index (χ1v) is 45.3. The maximum absolute atomic E-state index is 13.1. The van der Waals surface area contributed by atoms with Crippen molar-refractivity contribution in [2.24, 2.45) is 0 Å². The normalized spacial score (nSPS) is 13.8. The van der Waals surface area contributed by atoms with E-state index in [9.17, 15) is 43.2 Å². The molecule has 3 N–H and O–H groups in total. The van der Waals surface area contributed by atoms with Crippen LogP contribution in [0.15, 0.2) is 0 Å². The van der Waals surface area contributed by atoms with Crippen molar-refractivity contribution in [3.63, 3.8) is 0 Å². The highest BCUT2D eigenvalue weighted by Crippen LogP contribution is 2.45. The molecule has 0 saturated carbocycles. The van der Waals surface area contributed by atoms with Gasteiger partial charge in [-0.1, -0.05) is 387 Å². The van der Waals surface area contributed by atoms with Crippen LogP contribution in [0.25, 0.3) is 0 Å². The van der Waals surface area contributed by atoms with Crippen molar-refractivity contribution in [2.75, 3.05) is 39.6 Å². The number of hydrogen-bond acceptors (Lipinski definition) is 15. The second-order valence-electron chi connectivity index (χ2n) is 29.2. The summed E-state index contributed by atoms with van der Waals surface area (Å²) in [7, 11) is -9.92. The van der Waals surface area contributed by atoms with Crippen LogP contribution < -0.4 is 0 Å². The van der Waals surface area contributed by atoms with E-state index in [1.165, 1.54) is 270 Å². The number of aliphatic hydroxyl groups is 1. The van der Waals surface area contributed by atoms with Gasteiger partial charge in [-0.3, -0.25) is 37.3 Å². The Bertz CT molecular complexity index is 1890. The van der Waals surface area contributed by atoms with Crippen LogP contribution in [0, 0.1) is 0 Å². The first kappa shape index (κ1) is 98.1. The van der Waals surface area contributed by atoms with Gasteiger partial charge in [0.15, 0.2) is 12.2 Å². The van der Waals surface area contributed by atoms with Gasteiger partial charge in [-0.2, -0.15) is 0 Å². The van der Waals surface area contributed by atoms with Crippen molar-refractivity contribution < 1.29 is 80.2 Å². The van der Waals surface area contributed by atoms with Crippen molar-refractivity contribution in [2.45, 2.75) is 457 Å². The first-order valence-electron chi connectivity index (χ1n) is 42.3. The maximum atomic E-state index is 13.1. The predicted octanol–water partition coefficient (Wildman–Crippen LogP) is 24.6. The minimum Gasteiger partial charge on any atom is -0.462 e. The number of aliphatic hydroxyl groups excluding tert-OH is 1. The summed E-state index contributed by atoms with van der Waals surface area (Å²) in [5.41, 5.74) is 0. The van der Waals surface area contributed by atoms with Crippen LogP contribution >= 0.6 is 15.6 Å². The Morgan fingerprint density at radius 1 is 0.240 bits per heavy atom. The molecule has 0 rings (SSSR count). The van der Waals surface area contributed by atoms with E-state index in [0.29, 0.717) is 25.7 Å². The van der Waals surface area contributed by atoms with Crippen molar-refractivity contribution in [3.8, 4) is 0 Å². The van der Waals surface area contributed by atoms with Gasteiger partial charge in [0.25, 0.3) is 0 Å². The standard InChI is InChI=1S/C81H158O17P2/c1-5-9-13-17-21-25-29-33-35-37-38-39-41-44-48-52-56-60-64-68-81(86)98-77(72-92-79(84)66-62-58-54-50-46-43-40-36-34-30-26-22-18-14-10-6-2)74-96-100(89,90)94-70-75(82)69-93-99(87,88)95-73-76(71-91-78(83)65-61-57-53-49-45-32-28-24-20-16-12-8-4)97-80(85)67-63-59-55-51-47-42-31-27-23-19-15-11-7-3/h75-77,82H,5-74H2,1-4H3,(H,87,88)(H,89,90)/t75-,76+,77+/m0/s1. The van der Waals surface area contributed by atoms with Crippen LogP contribution in [-0.4, -0.2) is 96.7 Å². The van der Waals surface area contributed by atoms with Gasteiger partial charge in [0.05, 0.1) is 26.4 Å². The third-order valence-electron chi connectivity index (χ3n) is 19.1. The van der Waals surface area contributed by atoms with E-state index in [-0.39, 0.29) is 25.7 Å². The van der Waals surface area contributed by atoms with Gasteiger partial charge in [0.1, 0.15) is 19.3 Å².